The molecule has 5 rings (SSSR count). The van der Waals surface area contributed by atoms with Crippen molar-refractivity contribution in [3.8, 4) is 0 Å². The Morgan fingerprint density at radius 2 is 1.44 bits per heavy atom. The van der Waals surface area contributed by atoms with Crippen LogP contribution in [0.5, 0.6) is 0 Å². The van der Waals surface area contributed by atoms with Crippen molar-refractivity contribution in [2.75, 3.05) is 0 Å². The van der Waals surface area contributed by atoms with Crippen molar-refractivity contribution in [1.82, 2.24) is 0 Å². The number of hydrogen-bond acceptors (Lipinski definition) is 4. The molecule has 202 valence electrons. The fourth-order valence-corrected chi connectivity index (χ4v) is 11.8. The summed E-state index contributed by atoms with van der Waals surface area (Å²) in [6, 6.07) is 0. The third kappa shape index (κ3) is 3.16. The maximum absolute atomic E-state index is 12.8. The molecule has 36 heavy (non-hydrogen) atoms. The summed E-state index contributed by atoms with van der Waals surface area (Å²) in [4.78, 5) is 37.4. The highest BCUT2D eigenvalue weighted by Crippen LogP contribution is 2.77. The molecule has 5 aliphatic rings. The molecule has 0 aliphatic heterocycles. The first-order valence-corrected chi connectivity index (χ1v) is 14.6. The first-order chi connectivity index (χ1) is 16.6. The van der Waals surface area contributed by atoms with Gasteiger partial charge in [-0.05, 0) is 111 Å². The topological polar surface area (TPSA) is 80.7 Å². The van der Waals surface area contributed by atoms with Crippen molar-refractivity contribution in [3.05, 3.63) is 0 Å². The van der Waals surface area contributed by atoms with Gasteiger partial charge in [0.15, 0.2) is 0 Å². The molecular formula is C31H48O5. The van der Waals surface area contributed by atoms with Crippen LogP contribution < -0.4 is 0 Å². The van der Waals surface area contributed by atoms with Crippen LogP contribution in [-0.2, 0) is 19.1 Å². The van der Waals surface area contributed by atoms with Crippen molar-refractivity contribution in [2.24, 2.45) is 56.7 Å². The minimum atomic E-state index is -0.713. The molecule has 5 fully saturated rings. The molecule has 0 radical (unpaired) electrons. The van der Waals surface area contributed by atoms with Crippen molar-refractivity contribution in [1.29, 1.82) is 0 Å². The first kappa shape index (κ1) is 26.2. The van der Waals surface area contributed by atoms with Crippen molar-refractivity contribution < 1.29 is 24.2 Å². The quantitative estimate of drug-likeness (QED) is 0.438. The number of Topliss-reactive ketones (excluding diaryl/α,β-unsaturated/α-hetero) is 1. The molecule has 0 bridgehead atoms. The minimum absolute atomic E-state index is 0.0225. The molecule has 0 saturated heterocycles. The van der Waals surface area contributed by atoms with Gasteiger partial charge in [-0.1, -0.05) is 34.6 Å². The van der Waals surface area contributed by atoms with E-state index in [-0.39, 0.29) is 51.4 Å². The number of carbonyl (C=O) groups excluding carboxylic acids is 2. The van der Waals surface area contributed by atoms with Gasteiger partial charge >= 0.3 is 11.9 Å². The van der Waals surface area contributed by atoms with E-state index in [9.17, 15) is 19.5 Å². The Hall–Kier alpha value is -1.39. The molecule has 0 aromatic carbocycles. The number of hydrogen-bond donors (Lipinski definition) is 1. The molecule has 0 aromatic rings. The lowest BCUT2D eigenvalue weighted by Crippen LogP contribution is -2.67. The summed E-state index contributed by atoms with van der Waals surface area (Å²) in [6.45, 7) is 15.4. The highest BCUT2D eigenvalue weighted by atomic mass is 16.5. The molecule has 0 spiro atoms. The molecule has 5 saturated carbocycles. The SMILES string of the molecule is CC(=O)O[C@H]1CC[C@@]2(C)C(CC[C@]3(C)C2CCC2C4[C@H](C(C)=O)CC[C@]4(C(=O)O)CC[C@]23C)C1(C)C. The first-order valence-electron chi connectivity index (χ1n) is 14.6. The second kappa shape index (κ2) is 8.06. The van der Waals surface area contributed by atoms with Crippen LogP contribution >= 0.6 is 0 Å². The number of rotatable bonds is 3. The minimum Gasteiger partial charge on any atom is -0.481 e. The zero-order chi connectivity index (χ0) is 26.5. The predicted octanol–water partition coefficient (Wildman–Crippen LogP) is 6.67. The summed E-state index contributed by atoms with van der Waals surface area (Å²) in [5, 5.41) is 10.5. The molecule has 0 heterocycles. The summed E-state index contributed by atoms with van der Waals surface area (Å²) >= 11 is 0. The molecule has 4 unspecified atom stereocenters. The van der Waals surface area contributed by atoms with Crippen LogP contribution in [0, 0.1) is 56.7 Å². The van der Waals surface area contributed by atoms with Crippen LogP contribution in [0.4, 0.5) is 0 Å². The number of ketones is 1. The fourth-order valence-electron chi connectivity index (χ4n) is 11.8. The molecule has 10 atom stereocenters. The molecule has 0 aromatic heterocycles. The highest BCUT2D eigenvalue weighted by Gasteiger charge is 2.72. The Morgan fingerprint density at radius 1 is 0.750 bits per heavy atom. The van der Waals surface area contributed by atoms with E-state index < -0.39 is 11.4 Å². The van der Waals surface area contributed by atoms with Crippen LogP contribution in [-0.4, -0.2) is 28.9 Å². The van der Waals surface area contributed by atoms with Gasteiger partial charge in [-0.25, -0.2) is 0 Å². The third-order valence-corrected chi connectivity index (χ3v) is 13.6. The Kier molecular flexibility index (Phi) is 5.87. The van der Waals surface area contributed by atoms with Crippen molar-refractivity contribution >= 4 is 17.7 Å². The maximum Gasteiger partial charge on any atom is 0.309 e. The number of carboxylic acid groups (broad SMARTS) is 1. The smallest absolute Gasteiger partial charge is 0.309 e. The average Bonchev–Trinajstić information content (AvgIpc) is 3.17. The van der Waals surface area contributed by atoms with Gasteiger partial charge in [0.25, 0.3) is 0 Å². The van der Waals surface area contributed by atoms with Crippen LogP contribution in [0.2, 0.25) is 0 Å². The normalized spacial score (nSPS) is 51.2. The Bertz CT molecular complexity index is 970. The Balaban J connectivity index is 1.52. The lowest BCUT2D eigenvalue weighted by Gasteiger charge is -2.72. The number of ether oxygens (including phenoxy) is 1. The lowest BCUT2D eigenvalue weighted by atomic mass is 9.32. The summed E-state index contributed by atoms with van der Waals surface area (Å²) in [6.07, 6.45) is 9.47. The summed E-state index contributed by atoms with van der Waals surface area (Å²) < 4.78 is 5.86. The van der Waals surface area contributed by atoms with Gasteiger partial charge in [0.1, 0.15) is 11.9 Å². The van der Waals surface area contributed by atoms with E-state index in [0.29, 0.717) is 30.6 Å². The average molecular weight is 501 g/mol. The Morgan fingerprint density at radius 3 is 2.06 bits per heavy atom. The molecule has 0 amide bonds. The highest BCUT2D eigenvalue weighted by molar-refractivity contribution is 5.83. The second-order valence-corrected chi connectivity index (χ2v) is 14.9. The molecule has 5 heteroatoms. The number of carboxylic acids is 1. The van der Waals surface area contributed by atoms with Gasteiger partial charge in [-0.2, -0.15) is 0 Å². The van der Waals surface area contributed by atoms with E-state index in [0.717, 1.165) is 51.4 Å². The van der Waals surface area contributed by atoms with Gasteiger partial charge in [0.2, 0.25) is 0 Å². The van der Waals surface area contributed by atoms with Gasteiger partial charge in [-0.15, -0.1) is 0 Å². The maximum atomic E-state index is 12.8. The fraction of sp³-hybridized carbons (Fsp3) is 0.903. The predicted molar refractivity (Wildman–Crippen MR) is 138 cm³/mol. The van der Waals surface area contributed by atoms with E-state index in [1.807, 2.05) is 0 Å². The summed E-state index contributed by atoms with van der Waals surface area (Å²) in [5.74, 6) is 0.599. The van der Waals surface area contributed by atoms with E-state index in [1.54, 1.807) is 6.92 Å². The standard InChI is InChI=1S/C31H48O5/c1-18(32)20-10-15-31(26(34)35)17-16-29(6)21(25(20)31)8-9-23-28(5)13-12-24(36-19(2)33)27(3,4)22(28)11-14-30(23,29)7/h20-25H,8-17H2,1-7H3,(H,34,35)/t20-,21?,22?,23?,24-,25?,28-,29+,30+,31-/m0/s1. The van der Waals surface area contributed by atoms with Crippen LogP contribution in [0.25, 0.3) is 0 Å². The molecule has 1 N–H and O–H groups in total. The van der Waals surface area contributed by atoms with Gasteiger partial charge < -0.3 is 9.84 Å². The zero-order valence-corrected chi connectivity index (χ0v) is 23.6. The number of esters is 1. The number of fused-ring (bicyclic) bond motifs is 7. The van der Waals surface area contributed by atoms with E-state index in [1.165, 1.54) is 6.92 Å². The van der Waals surface area contributed by atoms with Gasteiger partial charge in [-0.3, -0.25) is 14.4 Å². The molecular weight excluding hydrogens is 452 g/mol. The van der Waals surface area contributed by atoms with Gasteiger partial charge in [0, 0.05) is 18.3 Å². The largest absolute Gasteiger partial charge is 0.481 e. The van der Waals surface area contributed by atoms with E-state index in [2.05, 4.69) is 34.6 Å². The molecule has 5 nitrogen and oxygen atoms in total. The third-order valence-electron chi connectivity index (χ3n) is 13.6. The van der Waals surface area contributed by atoms with Crippen LogP contribution in [0.1, 0.15) is 113 Å². The zero-order valence-electron chi connectivity index (χ0n) is 23.6. The van der Waals surface area contributed by atoms with Crippen LogP contribution in [0.3, 0.4) is 0 Å². The van der Waals surface area contributed by atoms with Gasteiger partial charge in [0.05, 0.1) is 5.41 Å². The van der Waals surface area contributed by atoms with Crippen LogP contribution in [0.15, 0.2) is 0 Å². The van der Waals surface area contributed by atoms with E-state index >= 15 is 0 Å². The number of aliphatic carboxylic acids is 1. The summed E-state index contributed by atoms with van der Waals surface area (Å²) in [7, 11) is 0. The van der Waals surface area contributed by atoms with E-state index in [4.69, 9.17) is 4.74 Å². The number of carbonyl (C=O) groups is 3. The summed E-state index contributed by atoms with van der Waals surface area (Å²) in [5.41, 5.74) is -0.427. The molecule has 5 aliphatic carbocycles. The van der Waals surface area contributed by atoms with Crippen molar-refractivity contribution in [3.63, 3.8) is 0 Å². The lowest BCUT2D eigenvalue weighted by molar-refractivity contribution is -0.250. The second-order valence-electron chi connectivity index (χ2n) is 14.9. The monoisotopic (exact) mass is 500 g/mol. The van der Waals surface area contributed by atoms with Crippen molar-refractivity contribution in [2.45, 2.75) is 119 Å². The Labute approximate surface area is 217 Å².